The number of hydrogen-bond donors (Lipinski definition) is 2. The van der Waals surface area contributed by atoms with E-state index in [2.05, 4.69) is 28.2 Å². The molecule has 21 heavy (non-hydrogen) atoms. The van der Waals surface area contributed by atoms with Crippen molar-refractivity contribution in [2.75, 3.05) is 19.8 Å². The predicted molar refractivity (Wildman–Crippen MR) is 88.8 cm³/mol. The first-order valence-corrected chi connectivity index (χ1v) is 8.15. The zero-order chi connectivity index (χ0) is 15.8. The number of aliphatic hydroxyl groups excluding tert-OH is 1. The molecule has 0 heterocycles. The first-order chi connectivity index (χ1) is 9.93. The topological polar surface area (TPSA) is 50.7 Å². The molecule has 5 heteroatoms. The van der Waals surface area contributed by atoms with E-state index in [-0.39, 0.29) is 19.3 Å². The molecule has 1 aromatic rings. The zero-order valence-electron chi connectivity index (χ0n) is 13.3. The monoisotopic (exact) mass is 359 g/mol. The molecule has 1 rings (SSSR count). The number of benzene rings is 1. The van der Waals surface area contributed by atoms with E-state index in [0.717, 1.165) is 34.4 Å². The molecule has 0 spiro atoms. The Balaban J connectivity index is 2.68. The number of hydrogen-bond acceptors (Lipinski definition) is 4. The van der Waals surface area contributed by atoms with E-state index < -0.39 is 6.10 Å². The third kappa shape index (κ3) is 6.78. The van der Waals surface area contributed by atoms with Gasteiger partial charge in [0.15, 0.2) is 0 Å². The minimum atomic E-state index is -0.623. The van der Waals surface area contributed by atoms with E-state index in [9.17, 15) is 5.11 Å². The van der Waals surface area contributed by atoms with Gasteiger partial charge in [0.1, 0.15) is 18.5 Å². The zero-order valence-corrected chi connectivity index (χ0v) is 14.9. The molecule has 0 aliphatic carbocycles. The Morgan fingerprint density at radius 2 is 2.00 bits per heavy atom. The van der Waals surface area contributed by atoms with Crippen molar-refractivity contribution in [1.29, 1.82) is 0 Å². The van der Waals surface area contributed by atoms with E-state index in [0.29, 0.717) is 0 Å². The highest BCUT2D eigenvalue weighted by atomic mass is 79.9. The lowest BCUT2D eigenvalue weighted by molar-refractivity contribution is -0.0125. The molecule has 0 amide bonds. The third-order valence-electron chi connectivity index (χ3n) is 2.92. The average Bonchev–Trinajstić information content (AvgIpc) is 2.41. The molecule has 0 aliphatic heterocycles. The van der Waals surface area contributed by atoms with Crippen molar-refractivity contribution in [3.8, 4) is 5.75 Å². The van der Waals surface area contributed by atoms with Gasteiger partial charge in [-0.15, -0.1) is 0 Å². The summed E-state index contributed by atoms with van der Waals surface area (Å²) >= 11 is 3.51. The number of ether oxygens (including phenoxy) is 2. The van der Waals surface area contributed by atoms with Gasteiger partial charge in [0, 0.05) is 16.6 Å². The van der Waals surface area contributed by atoms with Gasteiger partial charge in [0.05, 0.1) is 12.7 Å². The summed E-state index contributed by atoms with van der Waals surface area (Å²) in [4.78, 5) is 0. The Morgan fingerprint density at radius 1 is 1.29 bits per heavy atom. The summed E-state index contributed by atoms with van der Waals surface area (Å²) in [5.41, 5.74) is 2.13. The van der Waals surface area contributed by atoms with Crippen LogP contribution in [0.15, 0.2) is 16.6 Å². The van der Waals surface area contributed by atoms with Crippen molar-refractivity contribution < 1.29 is 14.6 Å². The number of rotatable bonds is 9. The molecule has 1 unspecified atom stereocenters. The molecule has 1 aromatic carbocycles. The van der Waals surface area contributed by atoms with Crippen LogP contribution in [0.3, 0.4) is 0 Å². The van der Waals surface area contributed by atoms with E-state index in [1.165, 1.54) is 0 Å². The van der Waals surface area contributed by atoms with E-state index >= 15 is 0 Å². The van der Waals surface area contributed by atoms with Crippen molar-refractivity contribution in [3.05, 3.63) is 27.7 Å². The van der Waals surface area contributed by atoms with Crippen molar-refractivity contribution in [2.45, 2.75) is 46.4 Å². The van der Waals surface area contributed by atoms with Gasteiger partial charge < -0.3 is 19.9 Å². The second-order valence-electron chi connectivity index (χ2n) is 5.34. The average molecular weight is 360 g/mol. The molecule has 0 bridgehead atoms. The Hall–Kier alpha value is -0.620. The molecule has 0 radical (unpaired) electrons. The molecule has 120 valence electrons. The molecule has 0 fully saturated rings. The van der Waals surface area contributed by atoms with Gasteiger partial charge in [0.2, 0.25) is 0 Å². The second kappa shape index (κ2) is 9.41. The standard InChI is InChI=1S/C16H26BrNO3/c1-5-18-8-13-7-14(17)6-12(4)16(13)21-10-15(19)9-20-11(2)3/h6-7,11,15,18-19H,5,8-10H2,1-4H3. The number of nitrogens with one attached hydrogen (secondary N) is 1. The lowest BCUT2D eigenvalue weighted by atomic mass is 10.1. The number of aliphatic hydroxyl groups is 1. The normalized spacial score (nSPS) is 12.7. The Labute approximate surface area is 136 Å². The fraction of sp³-hybridized carbons (Fsp3) is 0.625. The molecule has 2 N–H and O–H groups in total. The van der Waals surface area contributed by atoms with Crippen LogP contribution in [0.2, 0.25) is 0 Å². The molecule has 4 nitrogen and oxygen atoms in total. The smallest absolute Gasteiger partial charge is 0.126 e. The van der Waals surface area contributed by atoms with Crippen LogP contribution >= 0.6 is 15.9 Å². The summed E-state index contributed by atoms with van der Waals surface area (Å²) in [5.74, 6) is 0.836. The highest BCUT2D eigenvalue weighted by Gasteiger charge is 2.12. The van der Waals surface area contributed by atoms with Crippen molar-refractivity contribution in [1.82, 2.24) is 5.32 Å². The third-order valence-corrected chi connectivity index (χ3v) is 3.38. The van der Waals surface area contributed by atoms with Crippen LogP contribution in [-0.2, 0) is 11.3 Å². The lowest BCUT2D eigenvalue weighted by Gasteiger charge is -2.18. The SMILES string of the molecule is CCNCc1cc(Br)cc(C)c1OCC(O)COC(C)C. The van der Waals surface area contributed by atoms with Gasteiger partial charge >= 0.3 is 0 Å². The first-order valence-electron chi connectivity index (χ1n) is 7.36. The molecular weight excluding hydrogens is 334 g/mol. The number of halogens is 1. The fourth-order valence-electron chi connectivity index (χ4n) is 1.93. The van der Waals surface area contributed by atoms with Crippen LogP contribution in [0.1, 0.15) is 31.9 Å². The second-order valence-corrected chi connectivity index (χ2v) is 6.25. The summed E-state index contributed by atoms with van der Waals surface area (Å²) in [5, 5.41) is 13.2. The van der Waals surface area contributed by atoms with Gasteiger partial charge in [-0.3, -0.25) is 0 Å². The quantitative estimate of drug-likeness (QED) is 0.711. The molecule has 1 atom stereocenters. The minimum absolute atomic E-state index is 0.110. The number of aryl methyl sites for hydroxylation is 1. The molecule has 0 saturated heterocycles. The molecule has 0 aromatic heterocycles. The van der Waals surface area contributed by atoms with E-state index in [1.807, 2.05) is 32.9 Å². The highest BCUT2D eigenvalue weighted by Crippen LogP contribution is 2.28. The predicted octanol–water partition coefficient (Wildman–Crippen LogP) is 3.03. The van der Waals surface area contributed by atoms with Gasteiger partial charge in [-0.1, -0.05) is 22.9 Å². The van der Waals surface area contributed by atoms with Crippen molar-refractivity contribution >= 4 is 15.9 Å². The maximum atomic E-state index is 9.90. The van der Waals surface area contributed by atoms with E-state index in [1.54, 1.807) is 0 Å². The van der Waals surface area contributed by atoms with Crippen LogP contribution < -0.4 is 10.1 Å². The minimum Gasteiger partial charge on any atom is -0.490 e. The van der Waals surface area contributed by atoms with Gasteiger partial charge in [-0.05, 0) is 45.0 Å². The van der Waals surface area contributed by atoms with Gasteiger partial charge in [-0.25, -0.2) is 0 Å². The van der Waals surface area contributed by atoms with Crippen LogP contribution in [0.5, 0.6) is 5.75 Å². The summed E-state index contributed by atoms with van der Waals surface area (Å²) in [6.07, 6.45) is -0.513. The van der Waals surface area contributed by atoms with Gasteiger partial charge in [-0.2, -0.15) is 0 Å². The van der Waals surface area contributed by atoms with Crippen LogP contribution in [0, 0.1) is 6.92 Å². The summed E-state index contributed by atoms with van der Waals surface area (Å²) in [6, 6.07) is 4.06. The molecule has 0 saturated carbocycles. The Bertz CT molecular complexity index is 438. The molecular formula is C16H26BrNO3. The summed E-state index contributed by atoms with van der Waals surface area (Å²) in [7, 11) is 0. The fourth-order valence-corrected chi connectivity index (χ4v) is 2.55. The van der Waals surface area contributed by atoms with Crippen LogP contribution in [-0.4, -0.2) is 37.1 Å². The maximum absolute atomic E-state index is 9.90. The van der Waals surface area contributed by atoms with Gasteiger partial charge in [0.25, 0.3) is 0 Å². The van der Waals surface area contributed by atoms with Crippen LogP contribution in [0.4, 0.5) is 0 Å². The van der Waals surface area contributed by atoms with Crippen molar-refractivity contribution in [3.63, 3.8) is 0 Å². The Kier molecular flexibility index (Phi) is 8.26. The molecule has 0 aliphatic rings. The van der Waals surface area contributed by atoms with E-state index in [4.69, 9.17) is 9.47 Å². The first kappa shape index (κ1) is 18.4. The Morgan fingerprint density at radius 3 is 2.62 bits per heavy atom. The lowest BCUT2D eigenvalue weighted by Crippen LogP contribution is -2.26. The largest absolute Gasteiger partial charge is 0.490 e. The van der Waals surface area contributed by atoms with Crippen molar-refractivity contribution in [2.24, 2.45) is 0 Å². The summed E-state index contributed by atoms with van der Waals surface area (Å²) in [6.45, 7) is 10.1. The van der Waals surface area contributed by atoms with Crippen LogP contribution in [0.25, 0.3) is 0 Å². The summed E-state index contributed by atoms with van der Waals surface area (Å²) < 4.78 is 12.2. The highest BCUT2D eigenvalue weighted by molar-refractivity contribution is 9.10. The maximum Gasteiger partial charge on any atom is 0.126 e.